The van der Waals surface area contributed by atoms with E-state index in [-0.39, 0.29) is 34.4 Å². The van der Waals surface area contributed by atoms with Crippen molar-refractivity contribution in [2.75, 3.05) is 19.8 Å². The summed E-state index contributed by atoms with van der Waals surface area (Å²) in [6.07, 6.45) is 1.75. The van der Waals surface area contributed by atoms with Crippen molar-refractivity contribution in [3.63, 3.8) is 0 Å². The van der Waals surface area contributed by atoms with Gasteiger partial charge in [0.05, 0.1) is 22.8 Å². The number of rotatable bonds is 7. The van der Waals surface area contributed by atoms with Gasteiger partial charge in [0.1, 0.15) is 5.82 Å². The Morgan fingerprint density at radius 1 is 1.29 bits per heavy atom. The lowest BCUT2D eigenvalue weighted by atomic mass is 10.1. The second kappa shape index (κ2) is 9.59. The molecule has 1 aliphatic rings. The zero-order valence-electron chi connectivity index (χ0n) is 15.6. The molecule has 1 unspecified atom stereocenters. The first kappa shape index (κ1) is 20.9. The van der Waals surface area contributed by atoms with Gasteiger partial charge in [-0.3, -0.25) is 4.79 Å². The number of hydrogen-bond donors (Lipinski definition) is 0. The Morgan fingerprint density at radius 2 is 2.00 bits per heavy atom. The van der Waals surface area contributed by atoms with Crippen LogP contribution in [-0.2, 0) is 11.3 Å². The van der Waals surface area contributed by atoms with Crippen LogP contribution in [0.25, 0.3) is 0 Å². The maximum absolute atomic E-state index is 14.2. The Bertz CT molecular complexity index is 817. The number of halogens is 3. The summed E-state index contributed by atoms with van der Waals surface area (Å²) in [6.45, 7) is 3.41. The second-order valence-electron chi connectivity index (χ2n) is 6.61. The Labute approximate surface area is 174 Å². The normalized spacial score (nSPS) is 16.2. The molecule has 0 aromatic heterocycles. The molecular formula is C21H22Cl2FNO3. The lowest BCUT2D eigenvalue weighted by Gasteiger charge is -2.26. The van der Waals surface area contributed by atoms with Gasteiger partial charge in [0.15, 0.2) is 5.75 Å². The van der Waals surface area contributed by atoms with Gasteiger partial charge in [-0.1, -0.05) is 41.4 Å². The van der Waals surface area contributed by atoms with Gasteiger partial charge in [0.2, 0.25) is 0 Å². The molecule has 150 valence electrons. The fourth-order valence-corrected chi connectivity index (χ4v) is 3.83. The van der Waals surface area contributed by atoms with Crippen LogP contribution >= 0.6 is 23.2 Å². The summed E-state index contributed by atoms with van der Waals surface area (Å²) >= 11 is 12.5. The van der Waals surface area contributed by atoms with Crippen LogP contribution in [0.15, 0.2) is 36.4 Å². The number of carbonyl (C=O) groups is 1. The van der Waals surface area contributed by atoms with Crippen molar-refractivity contribution in [3.8, 4) is 5.75 Å². The number of hydrogen-bond acceptors (Lipinski definition) is 3. The summed E-state index contributed by atoms with van der Waals surface area (Å²) in [4.78, 5) is 14.8. The lowest BCUT2D eigenvalue weighted by molar-refractivity contribution is 0.0505. The minimum Gasteiger partial charge on any atom is -0.491 e. The molecule has 1 saturated heterocycles. The summed E-state index contributed by atoms with van der Waals surface area (Å²) < 4.78 is 25.3. The Morgan fingerprint density at radius 3 is 2.61 bits per heavy atom. The molecule has 1 amide bonds. The van der Waals surface area contributed by atoms with Gasteiger partial charge in [0, 0.05) is 30.8 Å². The van der Waals surface area contributed by atoms with Crippen LogP contribution < -0.4 is 4.74 Å². The van der Waals surface area contributed by atoms with Gasteiger partial charge in [-0.25, -0.2) is 4.39 Å². The first-order valence-electron chi connectivity index (χ1n) is 9.25. The van der Waals surface area contributed by atoms with E-state index in [1.807, 2.05) is 6.92 Å². The Balaban J connectivity index is 1.88. The van der Waals surface area contributed by atoms with Gasteiger partial charge in [-0.2, -0.15) is 0 Å². The Hall–Kier alpha value is -1.82. The molecule has 0 radical (unpaired) electrons. The molecule has 1 aliphatic heterocycles. The van der Waals surface area contributed by atoms with E-state index in [1.54, 1.807) is 23.1 Å². The number of ether oxygens (including phenoxy) is 2. The molecule has 2 aromatic carbocycles. The minimum atomic E-state index is -0.351. The van der Waals surface area contributed by atoms with Crippen molar-refractivity contribution in [2.24, 2.45) is 0 Å². The van der Waals surface area contributed by atoms with Gasteiger partial charge in [-0.15, -0.1) is 0 Å². The molecule has 28 heavy (non-hydrogen) atoms. The zero-order valence-corrected chi connectivity index (χ0v) is 17.1. The molecule has 0 saturated carbocycles. The van der Waals surface area contributed by atoms with Crippen molar-refractivity contribution >= 4 is 29.1 Å². The largest absolute Gasteiger partial charge is 0.491 e. The topological polar surface area (TPSA) is 38.8 Å². The molecule has 0 bridgehead atoms. The van der Waals surface area contributed by atoms with Crippen molar-refractivity contribution in [3.05, 3.63) is 63.4 Å². The van der Waals surface area contributed by atoms with Crippen LogP contribution in [0.1, 0.15) is 35.7 Å². The summed E-state index contributed by atoms with van der Waals surface area (Å²) in [5, 5.41) is 0.529. The highest BCUT2D eigenvalue weighted by Crippen LogP contribution is 2.34. The highest BCUT2D eigenvalue weighted by Gasteiger charge is 2.25. The van der Waals surface area contributed by atoms with E-state index < -0.39 is 0 Å². The highest BCUT2D eigenvalue weighted by atomic mass is 35.5. The van der Waals surface area contributed by atoms with E-state index in [9.17, 15) is 9.18 Å². The first-order valence-corrected chi connectivity index (χ1v) is 10.0. The molecule has 2 aromatic rings. The van der Waals surface area contributed by atoms with Crippen molar-refractivity contribution in [2.45, 2.75) is 32.4 Å². The van der Waals surface area contributed by atoms with Gasteiger partial charge in [0.25, 0.3) is 5.91 Å². The average molecular weight is 426 g/mol. The van der Waals surface area contributed by atoms with Crippen LogP contribution in [-0.4, -0.2) is 36.7 Å². The minimum absolute atomic E-state index is 0.0654. The van der Waals surface area contributed by atoms with Crippen LogP contribution in [0.3, 0.4) is 0 Å². The summed E-state index contributed by atoms with van der Waals surface area (Å²) in [6, 6.07) is 9.49. The van der Waals surface area contributed by atoms with E-state index in [0.29, 0.717) is 36.6 Å². The highest BCUT2D eigenvalue weighted by molar-refractivity contribution is 6.37. The monoisotopic (exact) mass is 425 g/mol. The average Bonchev–Trinajstić information content (AvgIpc) is 3.18. The molecule has 0 N–H and O–H groups in total. The van der Waals surface area contributed by atoms with Crippen LogP contribution in [0.4, 0.5) is 4.39 Å². The van der Waals surface area contributed by atoms with Crippen molar-refractivity contribution in [1.82, 2.24) is 4.90 Å². The van der Waals surface area contributed by atoms with E-state index in [4.69, 9.17) is 32.7 Å². The van der Waals surface area contributed by atoms with E-state index in [1.165, 1.54) is 18.2 Å². The van der Waals surface area contributed by atoms with Gasteiger partial charge >= 0.3 is 0 Å². The number of benzene rings is 2. The fraction of sp³-hybridized carbons (Fsp3) is 0.381. The van der Waals surface area contributed by atoms with Crippen molar-refractivity contribution in [1.29, 1.82) is 0 Å². The predicted octanol–water partition coefficient (Wildman–Crippen LogP) is 5.35. The van der Waals surface area contributed by atoms with Crippen LogP contribution in [0.5, 0.6) is 5.75 Å². The molecule has 1 heterocycles. The quantitative estimate of drug-likeness (QED) is 0.599. The summed E-state index contributed by atoms with van der Waals surface area (Å²) in [7, 11) is 0. The SMILES string of the molecule is CCOc1c(Cl)cc(C(=O)N(Cc2ccccc2F)CC2CCCO2)cc1Cl. The first-order chi connectivity index (χ1) is 13.5. The standard InChI is InChI=1S/C21H22Cl2FNO3/c1-2-27-20-17(22)10-15(11-18(20)23)21(26)25(13-16-7-5-9-28-16)12-14-6-3-4-8-19(14)24/h3-4,6,8,10-11,16H,2,5,7,9,12-13H2,1H3. The molecule has 0 aliphatic carbocycles. The maximum atomic E-state index is 14.2. The summed E-state index contributed by atoms with van der Waals surface area (Å²) in [5.41, 5.74) is 0.768. The van der Waals surface area contributed by atoms with Crippen LogP contribution in [0, 0.1) is 5.82 Å². The number of amides is 1. The van der Waals surface area contributed by atoms with E-state index in [2.05, 4.69) is 0 Å². The molecular weight excluding hydrogens is 404 g/mol. The summed E-state index contributed by atoms with van der Waals surface area (Å²) in [5.74, 6) is -0.289. The molecule has 1 atom stereocenters. The van der Waals surface area contributed by atoms with Crippen LogP contribution in [0.2, 0.25) is 10.0 Å². The van der Waals surface area contributed by atoms with E-state index in [0.717, 1.165) is 12.8 Å². The maximum Gasteiger partial charge on any atom is 0.254 e. The van der Waals surface area contributed by atoms with Gasteiger partial charge < -0.3 is 14.4 Å². The molecule has 0 spiro atoms. The van der Waals surface area contributed by atoms with Crippen molar-refractivity contribution < 1.29 is 18.7 Å². The molecule has 1 fully saturated rings. The second-order valence-corrected chi connectivity index (χ2v) is 7.43. The smallest absolute Gasteiger partial charge is 0.254 e. The third-order valence-electron chi connectivity index (χ3n) is 4.59. The molecule has 7 heteroatoms. The van der Waals surface area contributed by atoms with E-state index >= 15 is 0 Å². The number of nitrogens with zero attached hydrogens (tertiary/aromatic N) is 1. The predicted molar refractivity (Wildman–Crippen MR) is 108 cm³/mol. The molecule has 4 nitrogen and oxygen atoms in total. The lowest BCUT2D eigenvalue weighted by Crippen LogP contribution is -2.37. The fourth-order valence-electron chi connectivity index (χ4n) is 3.23. The molecule has 3 rings (SSSR count). The van der Waals surface area contributed by atoms with Gasteiger partial charge in [-0.05, 0) is 38.0 Å². The zero-order chi connectivity index (χ0) is 20.1. The Kier molecular flexibility index (Phi) is 7.16. The third-order valence-corrected chi connectivity index (χ3v) is 5.15. The third kappa shape index (κ3) is 4.96. The number of carbonyl (C=O) groups excluding carboxylic acids is 1.